The molecule has 0 aromatic heterocycles. The van der Waals surface area contributed by atoms with Crippen molar-refractivity contribution in [1.29, 1.82) is 0 Å². The lowest BCUT2D eigenvalue weighted by Gasteiger charge is -2.03. The van der Waals surface area contributed by atoms with Crippen LogP contribution in [0.5, 0.6) is 0 Å². The highest BCUT2D eigenvalue weighted by Gasteiger charge is 2.12. The van der Waals surface area contributed by atoms with Gasteiger partial charge in [0.05, 0.1) is 0 Å². The Morgan fingerprint density at radius 1 is 0.783 bits per heavy atom. The van der Waals surface area contributed by atoms with Crippen LogP contribution in [0.4, 0.5) is 0 Å². The number of rotatable bonds is 15. The Morgan fingerprint density at radius 3 is 1.48 bits per heavy atom. The molecule has 0 spiro atoms. The molecular formula is C16H35AlO5S. The summed E-state index contributed by atoms with van der Waals surface area (Å²) in [4.78, 5) is 11.0. The van der Waals surface area contributed by atoms with E-state index in [-0.39, 0.29) is 23.8 Å². The standard InChI is InChI=1S/C16H32O5S.Al.3H/c1-2-3-4-5-6-7-8-9-10-11-12-13-14-15-16(17)21-22(18,19)20;;;;/h2-15H2,1H3,(H,18,19,20);;;;. The van der Waals surface area contributed by atoms with Crippen LogP contribution >= 0.6 is 0 Å². The van der Waals surface area contributed by atoms with E-state index in [0.717, 1.165) is 19.3 Å². The molecule has 138 valence electrons. The summed E-state index contributed by atoms with van der Waals surface area (Å²) >= 11 is 0. The fraction of sp³-hybridized carbons (Fsp3) is 0.938. The molecule has 0 atom stereocenters. The first kappa shape index (κ1) is 25.2. The van der Waals surface area contributed by atoms with Gasteiger partial charge in [-0.2, -0.15) is 8.42 Å². The van der Waals surface area contributed by atoms with E-state index >= 15 is 0 Å². The van der Waals surface area contributed by atoms with Crippen molar-refractivity contribution in [2.75, 3.05) is 0 Å². The van der Waals surface area contributed by atoms with Gasteiger partial charge in [-0.3, -0.25) is 9.35 Å². The topological polar surface area (TPSA) is 80.7 Å². The molecule has 0 saturated heterocycles. The maximum Gasteiger partial charge on any atom is 0.448 e. The van der Waals surface area contributed by atoms with E-state index in [0.29, 0.717) is 6.42 Å². The van der Waals surface area contributed by atoms with Gasteiger partial charge < -0.3 is 4.18 Å². The number of carbonyl (C=O) groups is 1. The molecule has 0 aromatic carbocycles. The van der Waals surface area contributed by atoms with Gasteiger partial charge in [0.2, 0.25) is 0 Å². The van der Waals surface area contributed by atoms with Crippen molar-refractivity contribution in [1.82, 2.24) is 0 Å². The van der Waals surface area contributed by atoms with Crippen LogP contribution in [0, 0.1) is 0 Å². The van der Waals surface area contributed by atoms with Gasteiger partial charge in [0.15, 0.2) is 17.4 Å². The van der Waals surface area contributed by atoms with Crippen LogP contribution in [0.25, 0.3) is 0 Å². The predicted octanol–water partition coefficient (Wildman–Crippen LogP) is 3.63. The molecule has 0 rings (SSSR count). The largest absolute Gasteiger partial charge is 0.448 e. The highest BCUT2D eigenvalue weighted by atomic mass is 32.3. The Balaban J connectivity index is 0. The van der Waals surface area contributed by atoms with Gasteiger partial charge >= 0.3 is 16.4 Å². The van der Waals surface area contributed by atoms with Gasteiger partial charge in [-0.1, -0.05) is 84.0 Å². The van der Waals surface area contributed by atoms with Crippen LogP contribution in [-0.2, 0) is 19.4 Å². The lowest BCUT2D eigenvalue weighted by Crippen LogP contribution is -2.11. The molecule has 1 N–H and O–H groups in total. The van der Waals surface area contributed by atoms with Crippen LogP contribution in [0.2, 0.25) is 0 Å². The van der Waals surface area contributed by atoms with Crippen LogP contribution in [0.3, 0.4) is 0 Å². The summed E-state index contributed by atoms with van der Waals surface area (Å²) in [7, 11) is -4.64. The molecule has 0 aliphatic heterocycles. The van der Waals surface area contributed by atoms with Gasteiger partial charge in [0.1, 0.15) is 0 Å². The van der Waals surface area contributed by atoms with E-state index in [1.807, 2.05) is 0 Å². The zero-order chi connectivity index (χ0) is 16.7. The summed E-state index contributed by atoms with van der Waals surface area (Å²) in [6, 6.07) is 0. The van der Waals surface area contributed by atoms with Gasteiger partial charge in [-0.25, -0.2) is 0 Å². The molecule has 0 aliphatic carbocycles. The van der Waals surface area contributed by atoms with E-state index in [4.69, 9.17) is 4.55 Å². The molecule has 0 radical (unpaired) electrons. The molecule has 0 bridgehead atoms. The van der Waals surface area contributed by atoms with Crippen LogP contribution in [-0.4, -0.2) is 36.3 Å². The van der Waals surface area contributed by atoms with Crippen molar-refractivity contribution in [2.24, 2.45) is 0 Å². The molecule has 0 saturated carbocycles. The van der Waals surface area contributed by atoms with Crippen molar-refractivity contribution in [3.8, 4) is 0 Å². The van der Waals surface area contributed by atoms with Crippen LogP contribution < -0.4 is 0 Å². The third kappa shape index (κ3) is 21.9. The van der Waals surface area contributed by atoms with E-state index in [2.05, 4.69) is 11.1 Å². The quantitative estimate of drug-likeness (QED) is 0.272. The molecule has 5 nitrogen and oxygen atoms in total. The fourth-order valence-corrected chi connectivity index (χ4v) is 2.76. The van der Waals surface area contributed by atoms with Crippen LogP contribution in [0.1, 0.15) is 96.8 Å². The second-order valence-electron chi connectivity index (χ2n) is 5.88. The molecule has 0 unspecified atom stereocenters. The Hall–Kier alpha value is -0.0875. The minimum Gasteiger partial charge on any atom is -0.325 e. The second-order valence-corrected chi connectivity index (χ2v) is 6.90. The molecule has 0 fully saturated rings. The van der Waals surface area contributed by atoms with Crippen molar-refractivity contribution < 1.29 is 21.9 Å². The molecular weight excluding hydrogens is 331 g/mol. The molecule has 0 amide bonds. The summed E-state index contributed by atoms with van der Waals surface area (Å²) in [5, 5.41) is 0. The minimum absolute atomic E-state index is 0. The van der Waals surface area contributed by atoms with Crippen molar-refractivity contribution in [2.45, 2.75) is 96.8 Å². The normalized spacial score (nSPS) is 11.0. The summed E-state index contributed by atoms with van der Waals surface area (Å²) in [6.45, 7) is 2.23. The maximum absolute atomic E-state index is 11.0. The lowest BCUT2D eigenvalue weighted by molar-refractivity contribution is -0.134. The van der Waals surface area contributed by atoms with Crippen molar-refractivity contribution in [3.63, 3.8) is 0 Å². The zero-order valence-electron chi connectivity index (χ0n) is 13.9. The highest BCUT2D eigenvalue weighted by molar-refractivity contribution is 7.81. The fourth-order valence-electron chi connectivity index (χ4n) is 2.45. The Kier molecular flexibility index (Phi) is 18.3. The predicted molar refractivity (Wildman–Crippen MR) is 97.9 cm³/mol. The minimum atomic E-state index is -4.64. The summed E-state index contributed by atoms with van der Waals surface area (Å²) in [6.07, 6.45) is 15.6. The molecule has 0 aromatic rings. The van der Waals surface area contributed by atoms with Crippen molar-refractivity contribution in [3.05, 3.63) is 0 Å². The number of hydrogen-bond acceptors (Lipinski definition) is 4. The molecule has 0 aliphatic rings. The summed E-state index contributed by atoms with van der Waals surface area (Å²) < 4.78 is 32.7. The summed E-state index contributed by atoms with van der Waals surface area (Å²) in [5.41, 5.74) is 0. The lowest BCUT2D eigenvalue weighted by atomic mass is 10.0. The molecule has 23 heavy (non-hydrogen) atoms. The SMILES string of the molecule is CCCCCCCCCCCCCCCC(=O)OS(=O)(=O)O.[AlH3]. The average Bonchev–Trinajstić information content (AvgIpc) is 2.42. The van der Waals surface area contributed by atoms with Crippen molar-refractivity contribution >= 4 is 33.7 Å². The van der Waals surface area contributed by atoms with E-state index in [1.54, 1.807) is 0 Å². The Morgan fingerprint density at radius 2 is 1.13 bits per heavy atom. The Bertz CT molecular complexity index is 371. The van der Waals surface area contributed by atoms with Gasteiger partial charge in [0.25, 0.3) is 0 Å². The number of hydrogen-bond donors (Lipinski definition) is 1. The highest BCUT2D eigenvalue weighted by Crippen LogP contribution is 2.13. The smallest absolute Gasteiger partial charge is 0.325 e. The first-order chi connectivity index (χ1) is 10.5. The zero-order valence-corrected chi connectivity index (χ0v) is 14.7. The van der Waals surface area contributed by atoms with Gasteiger partial charge in [-0.15, -0.1) is 0 Å². The van der Waals surface area contributed by atoms with Crippen LogP contribution in [0.15, 0.2) is 0 Å². The first-order valence-electron chi connectivity index (χ1n) is 8.65. The summed E-state index contributed by atoms with van der Waals surface area (Å²) in [5.74, 6) is -0.884. The average molecular weight is 366 g/mol. The number of unbranched alkanes of at least 4 members (excludes halogenated alkanes) is 12. The maximum atomic E-state index is 11.0. The van der Waals surface area contributed by atoms with Gasteiger partial charge in [0, 0.05) is 6.42 Å². The van der Waals surface area contributed by atoms with E-state index in [9.17, 15) is 13.2 Å². The van der Waals surface area contributed by atoms with Gasteiger partial charge in [-0.05, 0) is 6.42 Å². The number of carbonyl (C=O) groups excluding carboxylic acids is 1. The Labute approximate surface area is 152 Å². The monoisotopic (exact) mass is 366 g/mol. The molecule has 0 heterocycles. The first-order valence-corrected chi connectivity index (χ1v) is 10.0. The third-order valence-electron chi connectivity index (χ3n) is 3.68. The second kappa shape index (κ2) is 16.8. The third-order valence-corrected chi connectivity index (χ3v) is 4.08. The van der Waals surface area contributed by atoms with E-state index in [1.165, 1.54) is 57.8 Å². The molecule has 7 heteroatoms. The van der Waals surface area contributed by atoms with E-state index < -0.39 is 16.4 Å².